The molecular weight excluding hydrogens is 382 g/mol. The molecule has 7 heteroatoms. The Morgan fingerprint density at radius 3 is 2.59 bits per heavy atom. The van der Waals surface area contributed by atoms with Crippen LogP contribution in [0.25, 0.3) is 22.4 Å². The first-order valence-electron chi connectivity index (χ1n) is 9.54. The van der Waals surface area contributed by atoms with Gasteiger partial charge >= 0.3 is 0 Å². The second-order valence-electron chi connectivity index (χ2n) is 6.87. The Balaban J connectivity index is 1.93. The second kappa shape index (κ2) is 9.62. The van der Waals surface area contributed by atoms with E-state index in [9.17, 15) is 4.79 Å². The van der Waals surface area contributed by atoms with Gasteiger partial charge in [-0.15, -0.1) is 0 Å². The van der Waals surface area contributed by atoms with Crippen molar-refractivity contribution in [3.63, 3.8) is 0 Å². The molecule has 0 aliphatic rings. The zero-order valence-corrected chi connectivity index (χ0v) is 18.0. The van der Waals surface area contributed by atoms with Gasteiger partial charge in [-0.2, -0.15) is 0 Å². The maximum Gasteiger partial charge on any atom is 0.249 e. The second-order valence-corrected chi connectivity index (χ2v) is 7.77. The van der Waals surface area contributed by atoms with E-state index >= 15 is 0 Å². The summed E-state index contributed by atoms with van der Waals surface area (Å²) in [6, 6.07) is 11.8. The molecule has 0 unspecified atom stereocenters. The van der Waals surface area contributed by atoms with Gasteiger partial charge in [0.05, 0.1) is 0 Å². The summed E-state index contributed by atoms with van der Waals surface area (Å²) in [6.07, 6.45) is 1.82. The Hall–Kier alpha value is -2.77. The maximum atomic E-state index is 12.4. The molecule has 0 bridgehead atoms. The predicted octanol–water partition coefficient (Wildman–Crippen LogP) is 4.04. The van der Waals surface area contributed by atoms with Gasteiger partial charge in [0.1, 0.15) is 5.82 Å². The van der Waals surface area contributed by atoms with Crippen molar-refractivity contribution in [2.75, 3.05) is 36.4 Å². The molecule has 29 heavy (non-hydrogen) atoms. The Morgan fingerprint density at radius 1 is 1.03 bits per heavy atom. The number of benzene rings is 1. The minimum Gasteiger partial charge on any atom is -0.373 e. The summed E-state index contributed by atoms with van der Waals surface area (Å²) in [6.45, 7) is 5.01. The third-order valence-electron chi connectivity index (χ3n) is 4.68. The van der Waals surface area contributed by atoms with Gasteiger partial charge < -0.3 is 20.3 Å². The van der Waals surface area contributed by atoms with E-state index in [-0.39, 0.29) is 5.56 Å². The van der Waals surface area contributed by atoms with E-state index < -0.39 is 0 Å². The van der Waals surface area contributed by atoms with Crippen molar-refractivity contribution in [3.05, 3.63) is 64.1 Å². The van der Waals surface area contributed by atoms with E-state index in [2.05, 4.69) is 38.3 Å². The number of hydrogen-bond donors (Lipinski definition) is 4. The van der Waals surface area contributed by atoms with E-state index in [4.69, 9.17) is 0 Å². The lowest BCUT2D eigenvalue weighted by molar-refractivity contribution is 0.872. The number of aryl methyl sites for hydroxylation is 2. The van der Waals surface area contributed by atoms with Gasteiger partial charge in [0.25, 0.3) is 0 Å². The molecule has 1 aromatic carbocycles. The van der Waals surface area contributed by atoms with Crippen LogP contribution >= 0.6 is 11.9 Å². The van der Waals surface area contributed by atoms with Crippen molar-refractivity contribution in [2.24, 2.45) is 0 Å². The molecule has 0 aliphatic heterocycles. The first kappa shape index (κ1) is 21.0. The zero-order chi connectivity index (χ0) is 20.8. The molecule has 6 nitrogen and oxygen atoms in total. The Labute approximate surface area is 175 Å². The number of nitrogens with one attached hydrogen (secondary N) is 4. The minimum atomic E-state index is -0.121. The van der Waals surface area contributed by atoms with E-state index in [0.717, 1.165) is 57.3 Å². The number of aromatic nitrogens is 2. The summed E-state index contributed by atoms with van der Waals surface area (Å²) in [5.41, 5.74) is 6.74. The molecule has 0 saturated heterocycles. The van der Waals surface area contributed by atoms with E-state index in [1.165, 1.54) is 0 Å². The highest BCUT2D eigenvalue weighted by Crippen LogP contribution is 2.30. The van der Waals surface area contributed by atoms with E-state index in [1.54, 1.807) is 18.0 Å². The van der Waals surface area contributed by atoms with Crippen molar-refractivity contribution >= 4 is 23.5 Å². The molecule has 152 valence electrons. The van der Waals surface area contributed by atoms with Crippen LogP contribution in [0.2, 0.25) is 0 Å². The van der Waals surface area contributed by atoms with Crippen molar-refractivity contribution in [1.82, 2.24) is 15.3 Å². The van der Waals surface area contributed by atoms with Gasteiger partial charge in [0.15, 0.2) is 0 Å². The number of anilines is 2. The number of pyridine rings is 2. The summed E-state index contributed by atoms with van der Waals surface area (Å²) >= 11 is 1.67. The van der Waals surface area contributed by atoms with Crippen LogP contribution < -0.4 is 20.9 Å². The molecule has 0 radical (unpaired) electrons. The summed E-state index contributed by atoms with van der Waals surface area (Å²) in [5.74, 6) is 1.75. The van der Waals surface area contributed by atoms with Crippen molar-refractivity contribution in [2.45, 2.75) is 13.8 Å². The average molecular weight is 410 g/mol. The van der Waals surface area contributed by atoms with Crippen LogP contribution in [0.4, 0.5) is 11.5 Å². The minimum absolute atomic E-state index is 0.121. The third kappa shape index (κ3) is 5.19. The van der Waals surface area contributed by atoms with Gasteiger partial charge in [-0.05, 0) is 67.4 Å². The average Bonchev–Trinajstić information content (AvgIpc) is 2.71. The first-order chi connectivity index (χ1) is 14.0. The molecule has 0 aliphatic carbocycles. The number of rotatable bonds is 8. The molecule has 4 N–H and O–H groups in total. The van der Waals surface area contributed by atoms with Crippen LogP contribution in [0.1, 0.15) is 11.1 Å². The van der Waals surface area contributed by atoms with Crippen molar-refractivity contribution < 1.29 is 0 Å². The molecule has 3 rings (SSSR count). The van der Waals surface area contributed by atoms with Crippen molar-refractivity contribution in [1.29, 1.82) is 0 Å². The van der Waals surface area contributed by atoms with Crippen LogP contribution in [-0.4, -0.2) is 36.4 Å². The number of aromatic amines is 1. The standard InChI is InChI=1S/C22H27N5OS/c1-14-9-17(27-29-8-7-23-3)5-6-18(14)20-10-16(11-22(28)26-20)19-12-21(24-4)25-13-15(19)2/h5-6,9-13,23,27H,7-8H2,1-4H3,(H,24,25)(H,26,28). The Kier molecular flexibility index (Phi) is 6.95. The lowest BCUT2D eigenvalue weighted by Crippen LogP contribution is -2.10. The molecular formula is C22H27N5OS. The van der Waals surface area contributed by atoms with Gasteiger partial charge in [-0.3, -0.25) is 4.79 Å². The largest absolute Gasteiger partial charge is 0.373 e. The van der Waals surface area contributed by atoms with Crippen LogP contribution in [0.15, 0.2) is 47.4 Å². The monoisotopic (exact) mass is 409 g/mol. The summed E-state index contributed by atoms with van der Waals surface area (Å²) < 4.78 is 3.36. The number of hydrogen-bond acceptors (Lipinski definition) is 6. The Morgan fingerprint density at radius 2 is 1.86 bits per heavy atom. The molecule has 0 atom stereocenters. The molecule has 3 aromatic rings. The normalized spacial score (nSPS) is 10.8. The zero-order valence-electron chi connectivity index (χ0n) is 17.2. The maximum absolute atomic E-state index is 12.4. The first-order valence-corrected chi connectivity index (χ1v) is 10.5. The highest BCUT2D eigenvalue weighted by Gasteiger charge is 2.10. The van der Waals surface area contributed by atoms with Gasteiger partial charge in [0, 0.05) is 48.6 Å². The van der Waals surface area contributed by atoms with E-state index in [1.807, 2.05) is 51.5 Å². The van der Waals surface area contributed by atoms with Gasteiger partial charge in [0.2, 0.25) is 5.56 Å². The molecule has 2 heterocycles. The van der Waals surface area contributed by atoms with Gasteiger partial charge in [-0.25, -0.2) is 4.98 Å². The lowest BCUT2D eigenvalue weighted by atomic mass is 9.99. The number of nitrogens with zero attached hydrogens (tertiary/aromatic N) is 1. The molecule has 2 aromatic heterocycles. The summed E-state index contributed by atoms with van der Waals surface area (Å²) in [4.78, 5) is 19.7. The quantitative estimate of drug-likeness (QED) is 0.332. The molecule has 0 saturated carbocycles. The summed E-state index contributed by atoms with van der Waals surface area (Å²) in [7, 11) is 3.78. The highest BCUT2D eigenvalue weighted by atomic mass is 32.2. The molecule has 0 spiro atoms. The predicted molar refractivity (Wildman–Crippen MR) is 125 cm³/mol. The highest BCUT2D eigenvalue weighted by molar-refractivity contribution is 8.00. The van der Waals surface area contributed by atoms with Crippen LogP contribution in [0, 0.1) is 13.8 Å². The topological polar surface area (TPSA) is 81.8 Å². The van der Waals surface area contributed by atoms with Crippen LogP contribution in [0.3, 0.4) is 0 Å². The van der Waals surface area contributed by atoms with Crippen LogP contribution in [-0.2, 0) is 0 Å². The molecule has 0 amide bonds. The fourth-order valence-corrected chi connectivity index (χ4v) is 3.83. The molecule has 0 fully saturated rings. The lowest BCUT2D eigenvalue weighted by Gasteiger charge is -2.13. The third-order valence-corrected chi connectivity index (χ3v) is 5.46. The smallest absolute Gasteiger partial charge is 0.249 e. The SMILES string of the molecule is CNCCSNc1ccc(-c2cc(-c3cc(NC)ncc3C)cc(=O)[nH]2)c(C)c1. The number of H-pyrrole nitrogens is 1. The fraction of sp³-hybridized carbons (Fsp3) is 0.273. The Bertz CT molecular complexity index is 1050. The van der Waals surface area contributed by atoms with Crippen LogP contribution in [0.5, 0.6) is 0 Å². The van der Waals surface area contributed by atoms with E-state index in [0.29, 0.717) is 0 Å². The van der Waals surface area contributed by atoms with Gasteiger partial charge in [-0.1, -0.05) is 18.0 Å². The fourth-order valence-electron chi connectivity index (χ4n) is 3.13. The van der Waals surface area contributed by atoms with Crippen molar-refractivity contribution in [3.8, 4) is 22.4 Å². The summed E-state index contributed by atoms with van der Waals surface area (Å²) in [5, 5.41) is 6.18.